The minimum atomic E-state index is -0.638. The first kappa shape index (κ1) is 15.7. The van der Waals surface area contributed by atoms with Gasteiger partial charge in [0, 0.05) is 16.6 Å². The molecule has 3 rings (SSSR count). The van der Waals surface area contributed by atoms with Gasteiger partial charge in [-0.25, -0.2) is 4.79 Å². The lowest BCUT2D eigenvalue weighted by molar-refractivity contribution is 0.0732. The van der Waals surface area contributed by atoms with Crippen LogP contribution in [0.1, 0.15) is 10.4 Å². The van der Waals surface area contributed by atoms with Gasteiger partial charge in [0.15, 0.2) is 0 Å². The Morgan fingerprint density at radius 1 is 1.09 bits per heavy atom. The topological polar surface area (TPSA) is 72.6 Å². The molecule has 1 aromatic heterocycles. The first-order valence-corrected chi connectivity index (χ1v) is 9.10. The van der Waals surface area contributed by atoms with Crippen LogP contribution in [0.25, 0.3) is 10.4 Å². The molecular weight excluding hydrogens is 350 g/mol. The van der Waals surface area contributed by atoms with Crippen LogP contribution in [-0.2, 0) is 0 Å². The van der Waals surface area contributed by atoms with Crippen LogP contribution in [0.5, 0.6) is 11.5 Å². The maximum Gasteiger partial charge on any atom is 0.347 e. The van der Waals surface area contributed by atoms with E-state index in [2.05, 4.69) is 0 Å². The number of phenols is 1. The van der Waals surface area contributed by atoms with E-state index >= 15 is 0 Å². The molecule has 0 aliphatic rings. The van der Waals surface area contributed by atoms with Gasteiger partial charge in [0.05, 0.1) is 0 Å². The van der Waals surface area contributed by atoms with Crippen LogP contribution in [0, 0.1) is 3.82 Å². The third-order valence-electron chi connectivity index (χ3n) is 3.05. The number of anilines is 1. The molecular formula is C16H11NO3S3. The molecule has 0 aliphatic carbocycles. The van der Waals surface area contributed by atoms with Crippen LogP contribution in [0.15, 0.2) is 48.5 Å². The first-order valence-electron chi connectivity index (χ1n) is 6.54. The Balaban J connectivity index is 1.78. The van der Waals surface area contributed by atoms with E-state index in [-0.39, 0.29) is 11.3 Å². The molecule has 0 amide bonds. The molecule has 7 heteroatoms. The lowest BCUT2D eigenvalue weighted by Crippen LogP contribution is -2.08. The highest BCUT2D eigenvalue weighted by molar-refractivity contribution is 7.80. The Labute approximate surface area is 144 Å². The lowest BCUT2D eigenvalue weighted by atomic mass is 10.1. The fourth-order valence-electron chi connectivity index (χ4n) is 1.94. The zero-order chi connectivity index (χ0) is 16.4. The first-order chi connectivity index (χ1) is 11.0. The smallest absolute Gasteiger partial charge is 0.347 e. The highest BCUT2D eigenvalue weighted by Crippen LogP contribution is 2.30. The molecule has 0 atom stereocenters. The number of carbonyl (C=O) groups excluding carboxylic acids is 1. The second-order valence-corrected chi connectivity index (χ2v) is 7.60. The molecule has 4 nitrogen and oxygen atoms in total. The van der Waals surface area contributed by atoms with Crippen LogP contribution < -0.4 is 10.5 Å². The van der Waals surface area contributed by atoms with Gasteiger partial charge in [-0.15, -0.1) is 0 Å². The predicted octanol–water partition coefficient (Wildman–Crippen LogP) is 4.71. The fraction of sp³-hybridized carbons (Fsp3) is 0. The van der Waals surface area contributed by atoms with E-state index in [1.807, 2.05) is 18.2 Å². The highest BCUT2D eigenvalue weighted by atomic mass is 32.9. The van der Waals surface area contributed by atoms with E-state index < -0.39 is 5.97 Å². The number of hydrogen-bond donors (Lipinski definition) is 2. The van der Waals surface area contributed by atoms with Gasteiger partial charge in [-0.1, -0.05) is 32.9 Å². The quantitative estimate of drug-likeness (QED) is 0.232. The zero-order valence-electron chi connectivity index (χ0n) is 11.7. The van der Waals surface area contributed by atoms with E-state index in [1.54, 1.807) is 32.8 Å². The molecule has 0 saturated carbocycles. The van der Waals surface area contributed by atoms with Gasteiger partial charge in [-0.2, -0.15) is 0 Å². The SMILES string of the molecule is Nc1ccc(C(=O)Oc2ccc(-c3cc(=S)ss3)cc2)c(O)c1. The van der Waals surface area contributed by atoms with Gasteiger partial charge >= 0.3 is 5.97 Å². The Kier molecular flexibility index (Phi) is 4.42. The number of aromatic hydroxyl groups is 1. The average Bonchev–Trinajstić information content (AvgIpc) is 2.94. The number of rotatable bonds is 3. The molecule has 2 aromatic carbocycles. The van der Waals surface area contributed by atoms with Crippen molar-refractivity contribution in [2.45, 2.75) is 0 Å². The number of hydrogen-bond acceptors (Lipinski definition) is 7. The summed E-state index contributed by atoms with van der Waals surface area (Å²) < 4.78 is 6.11. The van der Waals surface area contributed by atoms with Crippen LogP contribution in [0.4, 0.5) is 5.69 Å². The number of ether oxygens (including phenoxy) is 1. The summed E-state index contributed by atoms with van der Waals surface area (Å²) in [6.45, 7) is 0. The largest absolute Gasteiger partial charge is 0.507 e. The Bertz CT molecular complexity index is 913. The Morgan fingerprint density at radius 2 is 1.83 bits per heavy atom. The summed E-state index contributed by atoms with van der Waals surface area (Å²) in [5.41, 5.74) is 6.99. The van der Waals surface area contributed by atoms with Gasteiger partial charge in [-0.05, 0) is 48.0 Å². The van der Waals surface area contributed by atoms with E-state index in [0.717, 1.165) is 14.3 Å². The lowest BCUT2D eigenvalue weighted by Gasteiger charge is -2.07. The number of nitrogen functional groups attached to an aromatic ring is 1. The van der Waals surface area contributed by atoms with Gasteiger partial charge < -0.3 is 15.6 Å². The van der Waals surface area contributed by atoms with Crippen molar-refractivity contribution in [3.05, 3.63) is 57.9 Å². The van der Waals surface area contributed by atoms with Crippen LogP contribution in [0.2, 0.25) is 0 Å². The highest BCUT2D eigenvalue weighted by Gasteiger charge is 2.14. The molecule has 23 heavy (non-hydrogen) atoms. The van der Waals surface area contributed by atoms with Crippen molar-refractivity contribution < 1.29 is 14.6 Å². The van der Waals surface area contributed by atoms with E-state index in [4.69, 9.17) is 22.7 Å². The van der Waals surface area contributed by atoms with Crippen molar-refractivity contribution in [3.8, 4) is 21.9 Å². The summed E-state index contributed by atoms with van der Waals surface area (Å²) >= 11 is 5.12. The van der Waals surface area contributed by atoms with Crippen LogP contribution in [-0.4, -0.2) is 11.1 Å². The molecule has 116 valence electrons. The molecule has 0 spiro atoms. The monoisotopic (exact) mass is 361 g/mol. The maximum atomic E-state index is 12.1. The normalized spacial score (nSPS) is 10.4. The number of carbonyl (C=O) groups is 1. The fourth-order valence-corrected chi connectivity index (χ4v) is 4.35. The predicted molar refractivity (Wildman–Crippen MR) is 95.9 cm³/mol. The average molecular weight is 361 g/mol. The molecule has 0 radical (unpaired) electrons. The Morgan fingerprint density at radius 3 is 2.43 bits per heavy atom. The van der Waals surface area contributed by atoms with Gasteiger partial charge in [0.25, 0.3) is 0 Å². The van der Waals surface area contributed by atoms with Crippen molar-refractivity contribution in [3.63, 3.8) is 0 Å². The molecule has 0 aliphatic heterocycles. The molecule has 0 saturated heterocycles. The summed E-state index contributed by atoms with van der Waals surface area (Å²) in [5.74, 6) is -0.445. The molecule has 0 bridgehead atoms. The van der Waals surface area contributed by atoms with Gasteiger partial charge in [-0.3, -0.25) is 0 Å². The summed E-state index contributed by atoms with van der Waals surface area (Å²) in [6, 6.07) is 13.3. The van der Waals surface area contributed by atoms with E-state index in [9.17, 15) is 9.90 Å². The van der Waals surface area contributed by atoms with Crippen molar-refractivity contribution in [2.75, 3.05) is 5.73 Å². The Hall–Kier alpha value is -2.22. The maximum absolute atomic E-state index is 12.1. The summed E-state index contributed by atoms with van der Waals surface area (Å²) in [4.78, 5) is 13.1. The summed E-state index contributed by atoms with van der Waals surface area (Å²) in [5, 5.41) is 9.75. The van der Waals surface area contributed by atoms with Crippen molar-refractivity contribution in [1.82, 2.24) is 0 Å². The van der Waals surface area contributed by atoms with Gasteiger partial charge in [0.1, 0.15) is 20.9 Å². The molecule has 1 heterocycles. The van der Waals surface area contributed by atoms with E-state index in [0.29, 0.717) is 11.4 Å². The van der Waals surface area contributed by atoms with Crippen molar-refractivity contribution in [1.29, 1.82) is 0 Å². The number of esters is 1. The second kappa shape index (κ2) is 6.49. The summed E-state index contributed by atoms with van der Waals surface area (Å²) in [7, 11) is 3.15. The minimum Gasteiger partial charge on any atom is -0.507 e. The van der Waals surface area contributed by atoms with Crippen molar-refractivity contribution in [2.24, 2.45) is 0 Å². The molecule has 0 fully saturated rings. The molecule has 3 aromatic rings. The molecule has 3 N–H and O–H groups in total. The second-order valence-electron chi connectivity index (χ2n) is 4.68. The third-order valence-corrected chi connectivity index (χ3v) is 5.96. The number of benzene rings is 2. The summed E-state index contributed by atoms with van der Waals surface area (Å²) in [6.07, 6.45) is 0. The molecule has 0 unspecified atom stereocenters. The van der Waals surface area contributed by atoms with Crippen molar-refractivity contribution >= 4 is 44.6 Å². The number of phenolic OH excluding ortho intramolecular Hbond substituents is 1. The van der Waals surface area contributed by atoms with Crippen LogP contribution in [0.3, 0.4) is 0 Å². The van der Waals surface area contributed by atoms with Crippen LogP contribution >= 0.6 is 32.9 Å². The third kappa shape index (κ3) is 3.58. The van der Waals surface area contributed by atoms with E-state index in [1.165, 1.54) is 18.2 Å². The number of nitrogens with two attached hydrogens (primary N) is 1. The zero-order valence-corrected chi connectivity index (χ0v) is 14.1. The van der Waals surface area contributed by atoms with Gasteiger partial charge in [0.2, 0.25) is 0 Å². The standard InChI is InChI=1S/C16H11NO3S3/c17-10-3-6-12(13(18)7-10)16(19)20-11-4-1-9(2-5-11)14-8-15(21)23-22-14/h1-8,18H,17H2. The minimum absolute atomic E-state index is 0.0686.